The van der Waals surface area contributed by atoms with Gasteiger partial charge in [-0.25, -0.2) is 0 Å². The van der Waals surface area contributed by atoms with Crippen molar-refractivity contribution in [3.8, 4) is 5.75 Å². The molecule has 0 saturated carbocycles. The van der Waals surface area contributed by atoms with Crippen LogP contribution in [0.5, 0.6) is 5.75 Å². The van der Waals surface area contributed by atoms with Gasteiger partial charge in [0.25, 0.3) is 0 Å². The molecule has 2 N–H and O–H groups in total. The van der Waals surface area contributed by atoms with E-state index in [4.69, 9.17) is 4.74 Å². The van der Waals surface area contributed by atoms with E-state index in [1.807, 2.05) is 62.4 Å². The van der Waals surface area contributed by atoms with Crippen LogP contribution in [0.25, 0.3) is 0 Å². The molecule has 2 rings (SSSR count). The van der Waals surface area contributed by atoms with Crippen LogP contribution in [0.3, 0.4) is 0 Å². The van der Waals surface area contributed by atoms with E-state index in [9.17, 15) is 4.79 Å². The minimum atomic E-state index is -0.0811. The van der Waals surface area contributed by atoms with Crippen LogP contribution in [0.15, 0.2) is 48.5 Å². The first-order chi connectivity index (χ1) is 10.2. The van der Waals surface area contributed by atoms with Crippen molar-refractivity contribution in [1.29, 1.82) is 0 Å². The highest BCUT2D eigenvalue weighted by molar-refractivity contribution is 5.93. The molecule has 0 atom stereocenters. The van der Waals surface area contributed by atoms with Crippen LogP contribution in [0.4, 0.5) is 11.4 Å². The second-order valence-electron chi connectivity index (χ2n) is 4.67. The van der Waals surface area contributed by atoms with Crippen molar-refractivity contribution in [2.45, 2.75) is 13.8 Å². The summed E-state index contributed by atoms with van der Waals surface area (Å²) in [6.07, 6.45) is 0. The highest BCUT2D eigenvalue weighted by Gasteiger charge is 2.03. The number of hydrogen-bond acceptors (Lipinski definition) is 3. The van der Waals surface area contributed by atoms with Gasteiger partial charge < -0.3 is 15.4 Å². The van der Waals surface area contributed by atoms with Gasteiger partial charge in [-0.2, -0.15) is 0 Å². The van der Waals surface area contributed by atoms with Crippen molar-refractivity contribution in [2.75, 3.05) is 23.8 Å². The molecule has 0 aliphatic heterocycles. The van der Waals surface area contributed by atoms with Crippen molar-refractivity contribution in [3.63, 3.8) is 0 Å². The molecule has 4 nitrogen and oxygen atoms in total. The number of nitrogens with one attached hydrogen (secondary N) is 2. The minimum Gasteiger partial charge on any atom is -0.494 e. The smallest absolute Gasteiger partial charge is 0.243 e. The summed E-state index contributed by atoms with van der Waals surface area (Å²) < 4.78 is 5.36. The van der Waals surface area contributed by atoms with Gasteiger partial charge in [-0.1, -0.05) is 18.2 Å². The van der Waals surface area contributed by atoms with Crippen LogP contribution >= 0.6 is 0 Å². The van der Waals surface area contributed by atoms with Gasteiger partial charge in [0, 0.05) is 11.4 Å². The molecule has 0 aliphatic carbocycles. The fraction of sp³-hybridized carbons (Fsp3) is 0.235. The van der Waals surface area contributed by atoms with Gasteiger partial charge in [0.2, 0.25) is 5.91 Å². The summed E-state index contributed by atoms with van der Waals surface area (Å²) in [6.45, 7) is 4.81. The average molecular weight is 284 g/mol. The number of hydrogen-bond donors (Lipinski definition) is 2. The molecule has 0 unspecified atom stereocenters. The number of carbonyl (C=O) groups is 1. The molecule has 0 heterocycles. The van der Waals surface area contributed by atoms with Gasteiger partial charge in [0.15, 0.2) is 0 Å². The summed E-state index contributed by atoms with van der Waals surface area (Å²) in [5.74, 6) is 0.718. The number of benzene rings is 2. The Balaban J connectivity index is 1.85. The first kappa shape index (κ1) is 14.9. The Labute approximate surface area is 125 Å². The van der Waals surface area contributed by atoms with Crippen LogP contribution in [-0.2, 0) is 4.79 Å². The van der Waals surface area contributed by atoms with Gasteiger partial charge in [-0.15, -0.1) is 0 Å². The Bertz CT molecular complexity index is 594. The van der Waals surface area contributed by atoms with Crippen molar-refractivity contribution in [2.24, 2.45) is 0 Å². The molecule has 1 amide bonds. The molecular weight excluding hydrogens is 264 g/mol. The number of ether oxygens (including phenoxy) is 1. The lowest BCUT2D eigenvalue weighted by atomic mass is 10.2. The summed E-state index contributed by atoms with van der Waals surface area (Å²) in [4.78, 5) is 11.9. The molecule has 0 aliphatic rings. The molecule has 0 spiro atoms. The van der Waals surface area contributed by atoms with Crippen LogP contribution in [0, 0.1) is 6.92 Å². The second kappa shape index (κ2) is 7.33. The van der Waals surface area contributed by atoms with Crippen molar-refractivity contribution < 1.29 is 9.53 Å². The number of carbonyl (C=O) groups excluding carboxylic acids is 1. The van der Waals surface area contributed by atoms with E-state index in [2.05, 4.69) is 10.6 Å². The summed E-state index contributed by atoms with van der Waals surface area (Å²) >= 11 is 0. The zero-order valence-corrected chi connectivity index (χ0v) is 12.3. The van der Waals surface area contributed by atoms with E-state index in [1.165, 1.54) is 0 Å². The maximum atomic E-state index is 11.9. The Hall–Kier alpha value is -2.49. The molecule has 0 radical (unpaired) electrons. The minimum absolute atomic E-state index is 0.0811. The molecule has 0 bridgehead atoms. The average Bonchev–Trinajstić information content (AvgIpc) is 2.49. The second-order valence-corrected chi connectivity index (χ2v) is 4.67. The molecule has 0 fully saturated rings. The number of anilines is 2. The monoisotopic (exact) mass is 284 g/mol. The highest BCUT2D eigenvalue weighted by atomic mass is 16.5. The summed E-state index contributed by atoms with van der Waals surface area (Å²) in [7, 11) is 0. The van der Waals surface area contributed by atoms with Gasteiger partial charge in [-0.3, -0.25) is 4.79 Å². The Morgan fingerprint density at radius 2 is 1.81 bits per heavy atom. The number of para-hydroxylation sites is 1. The first-order valence-electron chi connectivity index (χ1n) is 7.01. The number of amides is 1. The molecule has 2 aromatic carbocycles. The fourth-order valence-electron chi connectivity index (χ4n) is 1.95. The third-order valence-corrected chi connectivity index (χ3v) is 3.03. The van der Waals surface area contributed by atoms with Crippen LogP contribution < -0.4 is 15.4 Å². The van der Waals surface area contributed by atoms with Crippen molar-refractivity contribution in [3.05, 3.63) is 54.1 Å². The molecule has 4 heteroatoms. The first-order valence-corrected chi connectivity index (χ1v) is 7.01. The zero-order chi connectivity index (χ0) is 15.1. The Kier molecular flexibility index (Phi) is 5.21. The van der Waals surface area contributed by atoms with E-state index >= 15 is 0 Å². The van der Waals surface area contributed by atoms with E-state index in [0.717, 1.165) is 22.7 Å². The lowest BCUT2D eigenvalue weighted by Crippen LogP contribution is -2.21. The molecule has 110 valence electrons. The quantitative estimate of drug-likeness (QED) is 0.854. The van der Waals surface area contributed by atoms with E-state index in [1.54, 1.807) is 0 Å². The topological polar surface area (TPSA) is 50.4 Å². The number of rotatable bonds is 6. The largest absolute Gasteiger partial charge is 0.494 e. The SMILES string of the molecule is CCOc1ccc(NC(=O)CNc2ccccc2C)cc1. The third-order valence-electron chi connectivity index (χ3n) is 3.03. The van der Waals surface area contributed by atoms with Crippen LogP contribution in [0.2, 0.25) is 0 Å². The van der Waals surface area contributed by atoms with Crippen molar-refractivity contribution >= 4 is 17.3 Å². The summed E-state index contributed by atoms with van der Waals surface area (Å²) in [5.41, 5.74) is 2.85. The molecule has 2 aromatic rings. The molecule has 0 aromatic heterocycles. The Morgan fingerprint density at radius 1 is 1.10 bits per heavy atom. The van der Waals surface area contributed by atoms with Crippen LogP contribution in [0.1, 0.15) is 12.5 Å². The van der Waals surface area contributed by atoms with E-state index in [0.29, 0.717) is 6.61 Å². The highest BCUT2D eigenvalue weighted by Crippen LogP contribution is 2.16. The summed E-state index contributed by atoms with van der Waals surface area (Å²) in [5, 5.41) is 5.97. The zero-order valence-electron chi connectivity index (χ0n) is 12.3. The van der Waals surface area contributed by atoms with Crippen LogP contribution in [-0.4, -0.2) is 19.1 Å². The van der Waals surface area contributed by atoms with Gasteiger partial charge in [0.1, 0.15) is 5.75 Å². The standard InChI is InChI=1S/C17H20N2O2/c1-3-21-15-10-8-14(9-11-15)19-17(20)12-18-16-7-5-4-6-13(16)2/h4-11,18H,3,12H2,1-2H3,(H,19,20). The predicted molar refractivity (Wildman–Crippen MR) is 85.9 cm³/mol. The lowest BCUT2D eigenvalue weighted by Gasteiger charge is -2.10. The molecule has 0 saturated heterocycles. The molecular formula is C17H20N2O2. The normalized spacial score (nSPS) is 10.0. The summed E-state index contributed by atoms with van der Waals surface area (Å²) in [6, 6.07) is 15.2. The van der Waals surface area contributed by atoms with E-state index in [-0.39, 0.29) is 12.5 Å². The third kappa shape index (κ3) is 4.53. The Morgan fingerprint density at radius 3 is 2.48 bits per heavy atom. The maximum absolute atomic E-state index is 11.9. The van der Waals surface area contributed by atoms with E-state index < -0.39 is 0 Å². The predicted octanol–water partition coefficient (Wildman–Crippen LogP) is 3.44. The fourth-order valence-corrected chi connectivity index (χ4v) is 1.95. The van der Waals surface area contributed by atoms with Gasteiger partial charge in [-0.05, 0) is 49.7 Å². The lowest BCUT2D eigenvalue weighted by molar-refractivity contribution is -0.114. The molecule has 21 heavy (non-hydrogen) atoms. The van der Waals surface area contributed by atoms with Gasteiger partial charge >= 0.3 is 0 Å². The number of aryl methyl sites for hydroxylation is 1. The maximum Gasteiger partial charge on any atom is 0.243 e. The van der Waals surface area contributed by atoms with Gasteiger partial charge in [0.05, 0.1) is 13.2 Å². The van der Waals surface area contributed by atoms with Crippen molar-refractivity contribution in [1.82, 2.24) is 0 Å².